The van der Waals surface area contributed by atoms with E-state index in [1.54, 1.807) is 18.2 Å². The van der Waals surface area contributed by atoms with E-state index in [1.807, 2.05) is 6.07 Å². The second-order valence-corrected chi connectivity index (χ2v) is 6.34. The minimum absolute atomic E-state index is 0.0850. The van der Waals surface area contributed by atoms with Gasteiger partial charge >= 0.3 is 0 Å². The monoisotopic (exact) mass is 335 g/mol. The van der Waals surface area contributed by atoms with Crippen molar-refractivity contribution in [1.82, 2.24) is 0 Å². The summed E-state index contributed by atoms with van der Waals surface area (Å²) < 4.78 is 5.64. The van der Waals surface area contributed by atoms with E-state index in [2.05, 4.69) is 4.99 Å². The Labute approximate surface area is 138 Å². The van der Waals surface area contributed by atoms with Crippen LogP contribution < -0.4 is 11.5 Å². The molecule has 23 heavy (non-hydrogen) atoms. The number of ketones is 1. The lowest BCUT2D eigenvalue weighted by Crippen LogP contribution is -2.54. The van der Waals surface area contributed by atoms with Crippen molar-refractivity contribution >= 4 is 29.2 Å². The van der Waals surface area contributed by atoms with Gasteiger partial charge in [-0.3, -0.25) is 9.59 Å². The molecule has 6 nitrogen and oxygen atoms in total. The maximum absolute atomic E-state index is 12.8. The fourth-order valence-corrected chi connectivity index (χ4v) is 3.54. The predicted molar refractivity (Wildman–Crippen MR) is 86.1 cm³/mol. The van der Waals surface area contributed by atoms with E-state index in [9.17, 15) is 9.59 Å². The Morgan fingerprint density at radius 3 is 2.91 bits per heavy atom. The molecule has 122 valence electrons. The first-order valence-corrected chi connectivity index (χ1v) is 7.91. The van der Waals surface area contributed by atoms with Crippen molar-refractivity contribution in [1.29, 1.82) is 0 Å². The first kappa shape index (κ1) is 16.0. The van der Waals surface area contributed by atoms with Crippen molar-refractivity contribution in [3.8, 4) is 0 Å². The molecule has 1 aromatic rings. The van der Waals surface area contributed by atoms with Crippen LogP contribution in [-0.4, -0.2) is 29.7 Å². The zero-order chi connectivity index (χ0) is 16.6. The number of fused-ring (bicyclic) bond motifs is 2. The number of hydrogen-bond acceptors (Lipinski definition) is 5. The van der Waals surface area contributed by atoms with Crippen LogP contribution in [0, 0.1) is 0 Å². The Bertz CT molecular complexity index is 691. The Kier molecular flexibility index (Phi) is 4.12. The standard InChI is InChI=1S/C16H18ClN3O3/c17-10-5-2-1-4-9(10)16-7-3-6-12(14(16)22)23-15(20-16)11(18)8-13(19)21/h1-2,4-5,11-12H,3,6-8,18H2,(H2,19,21)/t11?,12-,16-/m1/s1. The molecule has 0 saturated heterocycles. The van der Waals surface area contributed by atoms with Crippen molar-refractivity contribution < 1.29 is 14.3 Å². The molecular weight excluding hydrogens is 318 g/mol. The molecule has 1 aliphatic carbocycles. The number of nitrogens with zero attached hydrogens (tertiary/aromatic N) is 1. The van der Waals surface area contributed by atoms with Crippen molar-refractivity contribution in [2.45, 2.75) is 43.4 Å². The molecule has 2 aliphatic rings. The van der Waals surface area contributed by atoms with Gasteiger partial charge in [-0.05, 0) is 25.3 Å². The third-order valence-electron chi connectivity index (χ3n) is 4.33. The van der Waals surface area contributed by atoms with Crippen LogP contribution in [0.4, 0.5) is 0 Å². The first-order valence-electron chi connectivity index (χ1n) is 7.53. The average Bonchev–Trinajstić information content (AvgIpc) is 2.47. The molecule has 7 heteroatoms. The Morgan fingerprint density at radius 1 is 1.48 bits per heavy atom. The highest BCUT2D eigenvalue weighted by Gasteiger charge is 2.52. The zero-order valence-corrected chi connectivity index (χ0v) is 13.3. The van der Waals surface area contributed by atoms with E-state index in [4.69, 9.17) is 27.8 Å². The van der Waals surface area contributed by atoms with Crippen LogP contribution in [0.2, 0.25) is 5.02 Å². The molecule has 0 spiro atoms. The summed E-state index contributed by atoms with van der Waals surface area (Å²) in [5.74, 6) is -0.447. The van der Waals surface area contributed by atoms with E-state index in [0.717, 1.165) is 6.42 Å². The van der Waals surface area contributed by atoms with Crippen LogP contribution in [0.3, 0.4) is 0 Å². The van der Waals surface area contributed by atoms with Crippen LogP contribution in [0.25, 0.3) is 0 Å². The number of hydrogen-bond donors (Lipinski definition) is 2. The van der Waals surface area contributed by atoms with Gasteiger partial charge in [0.2, 0.25) is 17.6 Å². The summed E-state index contributed by atoms with van der Waals surface area (Å²) in [4.78, 5) is 28.5. The van der Waals surface area contributed by atoms with Crippen molar-refractivity contribution in [2.24, 2.45) is 16.5 Å². The van der Waals surface area contributed by atoms with E-state index < -0.39 is 23.6 Å². The molecule has 1 aromatic carbocycles. The Hall–Kier alpha value is -1.92. The predicted octanol–water partition coefficient (Wildman–Crippen LogP) is 1.29. The lowest BCUT2D eigenvalue weighted by molar-refractivity contribution is -0.137. The lowest BCUT2D eigenvalue weighted by atomic mass is 9.73. The van der Waals surface area contributed by atoms with Gasteiger partial charge < -0.3 is 16.2 Å². The summed E-state index contributed by atoms with van der Waals surface area (Å²) in [6.07, 6.45) is 1.25. The summed E-state index contributed by atoms with van der Waals surface area (Å²) in [5.41, 5.74) is 10.7. The van der Waals surface area contributed by atoms with Crippen LogP contribution in [0.1, 0.15) is 31.2 Å². The second-order valence-electron chi connectivity index (χ2n) is 5.93. The van der Waals surface area contributed by atoms with Gasteiger partial charge in [-0.1, -0.05) is 29.8 Å². The Balaban J connectivity index is 2.09. The maximum atomic E-state index is 12.8. The summed E-state index contributed by atoms with van der Waals surface area (Å²) in [7, 11) is 0. The van der Waals surface area contributed by atoms with Crippen LogP contribution in [0.5, 0.6) is 0 Å². The smallest absolute Gasteiger partial charge is 0.219 e. The number of halogens is 1. The largest absolute Gasteiger partial charge is 0.468 e. The van der Waals surface area contributed by atoms with E-state index in [1.165, 1.54) is 0 Å². The topological polar surface area (TPSA) is 108 Å². The third kappa shape index (κ3) is 2.72. The van der Waals surface area contributed by atoms with Crippen molar-refractivity contribution in [2.75, 3.05) is 0 Å². The number of aliphatic imine (C=N–C) groups is 1. The molecule has 1 saturated carbocycles. The quantitative estimate of drug-likeness (QED) is 0.864. The number of amides is 1. The van der Waals surface area contributed by atoms with E-state index >= 15 is 0 Å². The number of carbonyl (C=O) groups is 2. The molecule has 1 heterocycles. The highest BCUT2D eigenvalue weighted by Crippen LogP contribution is 2.44. The molecular formula is C16H18ClN3O3. The van der Waals surface area contributed by atoms with Crippen molar-refractivity contribution in [3.63, 3.8) is 0 Å². The van der Waals surface area contributed by atoms with Crippen LogP contribution in [-0.2, 0) is 19.9 Å². The summed E-state index contributed by atoms with van der Waals surface area (Å²) in [6, 6.07) is 6.39. The first-order chi connectivity index (χ1) is 10.9. The third-order valence-corrected chi connectivity index (χ3v) is 4.66. The number of nitrogens with two attached hydrogens (primary N) is 2. The fourth-order valence-electron chi connectivity index (χ4n) is 3.25. The highest BCUT2D eigenvalue weighted by atomic mass is 35.5. The second kappa shape index (κ2) is 5.94. The minimum Gasteiger partial charge on any atom is -0.468 e. The van der Waals surface area contributed by atoms with Crippen LogP contribution in [0.15, 0.2) is 29.3 Å². The molecule has 1 unspecified atom stereocenters. The summed E-state index contributed by atoms with van der Waals surface area (Å²) in [6.45, 7) is 0. The van der Waals surface area contributed by atoms with Gasteiger partial charge in [0.15, 0.2) is 11.6 Å². The number of primary amides is 1. The number of Topliss-reactive ketones (excluding diaryl/α,β-unsaturated/α-hetero) is 1. The van der Waals surface area contributed by atoms with Gasteiger partial charge in [-0.2, -0.15) is 0 Å². The Morgan fingerprint density at radius 2 is 2.22 bits per heavy atom. The van der Waals surface area contributed by atoms with Crippen molar-refractivity contribution in [3.05, 3.63) is 34.9 Å². The summed E-state index contributed by atoms with van der Waals surface area (Å²) >= 11 is 6.31. The molecule has 1 fully saturated rings. The molecule has 1 aliphatic heterocycles. The van der Waals surface area contributed by atoms with E-state index in [0.29, 0.717) is 23.4 Å². The molecule has 0 aromatic heterocycles. The lowest BCUT2D eigenvalue weighted by Gasteiger charge is -2.42. The summed E-state index contributed by atoms with van der Waals surface area (Å²) in [5, 5.41) is 0.481. The fraction of sp³-hybridized carbons (Fsp3) is 0.438. The highest BCUT2D eigenvalue weighted by molar-refractivity contribution is 6.32. The van der Waals surface area contributed by atoms with Gasteiger partial charge in [0, 0.05) is 10.6 Å². The molecule has 0 radical (unpaired) electrons. The number of ether oxygens (including phenoxy) is 1. The number of carbonyl (C=O) groups excluding carboxylic acids is 2. The zero-order valence-electron chi connectivity index (χ0n) is 12.5. The van der Waals surface area contributed by atoms with Gasteiger partial charge in [0.1, 0.15) is 0 Å². The van der Waals surface area contributed by atoms with Crippen LogP contribution >= 0.6 is 11.6 Å². The molecule has 2 bridgehead atoms. The normalized spacial score (nSPS) is 27.8. The van der Waals surface area contributed by atoms with Gasteiger partial charge in [0.05, 0.1) is 12.5 Å². The van der Waals surface area contributed by atoms with E-state index in [-0.39, 0.29) is 18.1 Å². The van der Waals surface area contributed by atoms with Gasteiger partial charge in [0.25, 0.3) is 0 Å². The molecule has 3 rings (SSSR count). The minimum atomic E-state index is -1.08. The van der Waals surface area contributed by atoms with Gasteiger partial charge in [-0.25, -0.2) is 4.99 Å². The average molecular weight is 336 g/mol. The maximum Gasteiger partial charge on any atom is 0.219 e. The number of benzene rings is 1. The number of rotatable bonds is 4. The molecule has 4 N–H and O–H groups in total. The molecule has 3 atom stereocenters. The SMILES string of the molecule is NC(=O)CC(N)C1=N[C@@]2(c3ccccc3Cl)CCC[C@@H](O1)C2=O. The van der Waals surface area contributed by atoms with Gasteiger partial charge in [-0.15, -0.1) is 0 Å². The molecule has 1 amide bonds.